The molecule has 108 valence electrons. The molecule has 0 atom stereocenters. The van der Waals surface area contributed by atoms with Gasteiger partial charge in [0.15, 0.2) is 17.8 Å². The zero-order chi connectivity index (χ0) is 14.8. The van der Waals surface area contributed by atoms with E-state index in [0.717, 1.165) is 0 Å². The summed E-state index contributed by atoms with van der Waals surface area (Å²) in [6.45, 7) is 0.913. The van der Waals surface area contributed by atoms with Gasteiger partial charge < -0.3 is 14.6 Å². The number of nitrogens with zero attached hydrogens (tertiary/aromatic N) is 1. The minimum atomic E-state index is -1.10. The first-order valence-corrected chi connectivity index (χ1v) is 6.37. The van der Waals surface area contributed by atoms with E-state index in [1.807, 2.05) is 0 Å². The number of carbonyl (C=O) groups is 2. The Morgan fingerprint density at radius 3 is 2.71 bits per heavy atom. The van der Waals surface area contributed by atoms with Gasteiger partial charge in [-0.05, 0) is 18.2 Å². The minimum absolute atomic E-state index is 0.0206. The monoisotopic (exact) mass is 288 g/mol. The fraction of sp³-hybridized carbons (Fsp3) is 0.214. The number of fused-ring (bicyclic) bond motifs is 1. The van der Waals surface area contributed by atoms with Gasteiger partial charge in [0.2, 0.25) is 0 Å². The summed E-state index contributed by atoms with van der Waals surface area (Å²) in [4.78, 5) is 22.0. The molecule has 0 radical (unpaired) electrons. The van der Waals surface area contributed by atoms with Crippen molar-refractivity contribution in [3.05, 3.63) is 29.5 Å². The van der Waals surface area contributed by atoms with Crippen molar-refractivity contribution in [1.29, 1.82) is 0 Å². The van der Waals surface area contributed by atoms with Crippen LogP contribution >= 0.6 is 0 Å². The zero-order valence-corrected chi connectivity index (χ0v) is 11.0. The number of aromatic nitrogens is 2. The Morgan fingerprint density at radius 2 is 2.05 bits per heavy atom. The SMILES string of the molecule is O=Cc1ccc(-c2cc(C(=O)O)[nH]n2)c2c1OCCCO2. The van der Waals surface area contributed by atoms with Gasteiger partial charge in [-0.15, -0.1) is 0 Å². The van der Waals surface area contributed by atoms with Crippen LogP contribution in [0.1, 0.15) is 27.3 Å². The smallest absolute Gasteiger partial charge is 0.353 e. The van der Waals surface area contributed by atoms with Crippen molar-refractivity contribution < 1.29 is 24.2 Å². The van der Waals surface area contributed by atoms with E-state index in [9.17, 15) is 9.59 Å². The number of hydrogen-bond acceptors (Lipinski definition) is 5. The van der Waals surface area contributed by atoms with E-state index in [2.05, 4.69) is 10.2 Å². The first kappa shape index (κ1) is 13.2. The number of ether oxygens (including phenoxy) is 2. The molecule has 1 aromatic carbocycles. The van der Waals surface area contributed by atoms with Crippen LogP contribution in [0.3, 0.4) is 0 Å². The first-order chi connectivity index (χ1) is 10.2. The molecule has 2 heterocycles. The number of H-pyrrole nitrogens is 1. The highest BCUT2D eigenvalue weighted by molar-refractivity contribution is 5.89. The maximum absolute atomic E-state index is 11.1. The van der Waals surface area contributed by atoms with Gasteiger partial charge in [0.1, 0.15) is 5.69 Å². The number of aromatic carboxylic acids is 1. The number of benzene rings is 1. The van der Waals surface area contributed by atoms with Crippen molar-refractivity contribution in [1.82, 2.24) is 10.2 Å². The Kier molecular flexibility index (Phi) is 3.31. The summed E-state index contributed by atoms with van der Waals surface area (Å²) in [7, 11) is 0. The van der Waals surface area contributed by atoms with Gasteiger partial charge in [-0.1, -0.05) is 0 Å². The third-order valence-electron chi connectivity index (χ3n) is 3.14. The van der Waals surface area contributed by atoms with Gasteiger partial charge in [-0.25, -0.2) is 4.79 Å². The number of aldehydes is 1. The summed E-state index contributed by atoms with van der Waals surface area (Å²) >= 11 is 0. The number of carboxylic acid groups (broad SMARTS) is 1. The second-order valence-electron chi connectivity index (χ2n) is 4.50. The molecule has 1 aliphatic rings. The van der Waals surface area contributed by atoms with Crippen molar-refractivity contribution in [2.75, 3.05) is 13.2 Å². The first-order valence-electron chi connectivity index (χ1n) is 6.37. The predicted molar refractivity (Wildman–Crippen MR) is 72.0 cm³/mol. The van der Waals surface area contributed by atoms with Crippen molar-refractivity contribution >= 4 is 12.3 Å². The molecular weight excluding hydrogens is 276 g/mol. The van der Waals surface area contributed by atoms with Gasteiger partial charge in [-0.2, -0.15) is 5.10 Å². The highest BCUT2D eigenvalue weighted by Gasteiger charge is 2.21. The fourth-order valence-corrected chi connectivity index (χ4v) is 2.14. The van der Waals surface area contributed by atoms with Gasteiger partial charge in [0.25, 0.3) is 0 Å². The number of carbonyl (C=O) groups excluding carboxylic acids is 1. The highest BCUT2D eigenvalue weighted by Crippen LogP contribution is 2.41. The van der Waals surface area contributed by atoms with Crippen LogP contribution in [0.15, 0.2) is 18.2 Å². The van der Waals surface area contributed by atoms with Crippen molar-refractivity contribution in [2.24, 2.45) is 0 Å². The standard InChI is InChI=1S/C14H12N2O5/c17-7-8-2-3-9(10-6-11(14(18)19)16-15-10)13-12(8)20-4-1-5-21-13/h2-3,6-7H,1,4-5H2,(H,15,16)(H,18,19). The van der Waals surface area contributed by atoms with E-state index < -0.39 is 5.97 Å². The molecule has 7 nitrogen and oxygen atoms in total. The molecule has 7 heteroatoms. The van der Waals surface area contributed by atoms with Crippen LogP contribution < -0.4 is 9.47 Å². The van der Waals surface area contributed by atoms with Crippen LogP contribution in [0.4, 0.5) is 0 Å². The molecule has 0 unspecified atom stereocenters. The molecule has 2 N–H and O–H groups in total. The van der Waals surface area contributed by atoms with Crippen LogP contribution in [0.25, 0.3) is 11.3 Å². The molecule has 0 amide bonds. The highest BCUT2D eigenvalue weighted by atomic mass is 16.5. The molecule has 3 rings (SSSR count). The number of rotatable bonds is 3. The Bertz CT molecular complexity index is 707. The van der Waals surface area contributed by atoms with Gasteiger partial charge in [0, 0.05) is 12.0 Å². The quantitative estimate of drug-likeness (QED) is 0.834. The van der Waals surface area contributed by atoms with E-state index in [1.165, 1.54) is 6.07 Å². The normalized spacial score (nSPS) is 13.5. The number of hydrogen-bond donors (Lipinski definition) is 2. The lowest BCUT2D eigenvalue weighted by atomic mass is 10.1. The van der Waals surface area contributed by atoms with E-state index in [0.29, 0.717) is 54.2 Å². The molecule has 0 bridgehead atoms. The Labute approximate surface area is 119 Å². The third-order valence-corrected chi connectivity index (χ3v) is 3.14. The molecule has 1 aromatic heterocycles. The van der Waals surface area contributed by atoms with Crippen molar-refractivity contribution in [3.8, 4) is 22.8 Å². The van der Waals surface area contributed by atoms with Gasteiger partial charge in [0.05, 0.1) is 24.5 Å². The van der Waals surface area contributed by atoms with E-state index in [4.69, 9.17) is 14.6 Å². The number of nitrogens with one attached hydrogen (secondary N) is 1. The predicted octanol–water partition coefficient (Wildman–Crippen LogP) is 1.75. The lowest BCUT2D eigenvalue weighted by molar-refractivity contribution is 0.0690. The maximum atomic E-state index is 11.1. The number of aromatic amines is 1. The molecule has 0 saturated heterocycles. The Morgan fingerprint density at radius 1 is 1.29 bits per heavy atom. The Balaban J connectivity index is 2.13. The summed E-state index contributed by atoms with van der Waals surface area (Å²) < 4.78 is 11.2. The lowest BCUT2D eigenvalue weighted by Crippen LogP contribution is -1.98. The third kappa shape index (κ3) is 2.33. The molecule has 1 aliphatic heterocycles. The fourth-order valence-electron chi connectivity index (χ4n) is 2.14. The van der Waals surface area contributed by atoms with Gasteiger partial charge in [-0.3, -0.25) is 9.89 Å². The minimum Gasteiger partial charge on any atom is -0.489 e. The molecule has 0 fully saturated rings. The van der Waals surface area contributed by atoms with Crippen LogP contribution in [-0.2, 0) is 0 Å². The second kappa shape index (κ2) is 5.28. The number of carboxylic acids is 1. The summed E-state index contributed by atoms with van der Waals surface area (Å²) in [5.74, 6) is -0.304. The summed E-state index contributed by atoms with van der Waals surface area (Å²) in [5.41, 5.74) is 1.38. The average molecular weight is 288 g/mol. The average Bonchev–Trinajstić information content (AvgIpc) is 2.84. The molecular formula is C14H12N2O5. The van der Waals surface area contributed by atoms with Crippen molar-refractivity contribution in [3.63, 3.8) is 0 Å². The van der Waals surface area contributed by atoms with E-state index in [1.54, 1.807) is 12.1 Å². The molecule has 0 spiro atoms. The largest absolute Gasteiger partial charge is 0.489 e. The zero-order valence-electron chi connectivity index (χ0n) is 11.0. The second-order valence-corrected chi connectivity index (χ2v) is 4.50. The lowest BCUT2D eigenvalue weighted by Gasteiger charge is -2.12. The van der Waals surface area contributed by atoms with E-state index >= 15 is 0 Å². The van der Waals surface area contributed by atoms with Crippen LogP contribution in [0, 0.1) is 0 Å². The topological polar surface area (TPSA) is 102 Å². The molecule has 0 aliphatic carbocycles. The maximum Gasteiger partial charge on any atom is 0.353 e. The van der Waals surface area contributed by atoms with Gasteiger partial charge >= 0.3 is 5.97 Å². The summed E-state index contributed by atoms with van der Waals surface area (Å²) in [5, 5.41) is 15.3. The van der Waals surface area contributed by atoms with Crippen LogP contribution in [0.2, 0.25) is 0 Å². The van der Waals surface area contributed by atoms with E-state index in [-0.39, 0.29) is 5.69 Å². The molecule has 0 saturated carbocycles. The summed E-state index contributed by atoms with van der Waals surface area (Å²) in [6, 6.07) is 4.68. The molecule has 21 heavy (non-hydrogen) atoms. The van der Waals surface area contributed by atoms with Crippen LogP contribution in [0.5, 0.6) is 11.5 Å². The van der Waals surface area contributed by atoms with Crippen molar-refractivity contribution in [2.45, 2.75) is 6.42 Å². The summed E-state index contributed by atoms with van der Waals surface area (Å²) in [6.07, 6.45) is 1.40. The van der Waals surface area contributed by atoms with Crippen LogP contribution in [-0.4, -0.2) is 40.8 Å². The Hall–Kier alpha value is -2.83. The molecule has 2 aromatic rings.